The first-order valence-electron chi connectivity index (χ1n) is 4.82. The Hall–Kier alpha value is -0.0700. The Labute approximate surface area is 121 Å². The fourth-order valence-electron chi connectivity index (χ4n) is 1.49. The molecule has 0 aromatic carbocycles. The minimum Gasteiger partial charge on any atom is -0.457 e. The lowest BCUT2D eigenvalue weighted by atomic mass is 10.0. The summed E-state index contributed by atoms with van der Waals surface area (Å²) in [5.74, 6) is -0.898. The highest BCUT2D eigenvalue weighted by molar-refractivity contribution is 9.10. The molecule has 0 aromatic rings. The van der Waals surface area contributed by atoms with Crippen molar-refractivity contribution in [1.29, 1.82) is 0 Å². The van der Waals surface area contributed by atoms with Gasteiger partial charge in [-0.25, -0.2) is 0 Å². The number of hydrogen-bond acceptors (Lipinski definition) is 4. The van der Waals surface area contributed by atoms with Crippen LogP contribution < -0.4 is 0 Å². The Morgan fingerprint density at radius 2 is 1.65 bits per heavy atom. The van der Waals surface area contributed by atoms with Crippen LogP contribution in [0.2, 0.25) is 0 Å². The molecule has 0 bridgehead atoms. The number of hydrogen-bond donors (Lipinski definition) is 0. The first-order chi connectivity index (χ1) is 7.82. The minimum absolute atomic E-state index is 0.294. The highest BCUT2D eigenvalue weighted by Gasteiger charge is 2.42. The van der Waals surface area contributed by atoms with E-state index in [-0.39, 0.29) is 9.65 Å². The van der Waals surface area contributed by atoms with Gasteiger partial charge < -0.3 is 9.47 Å². The molecule has 0 aromatic heterocycles. The summed E-state index contributed by atoms with van der Waals surface area (Å²) in [6, 6.07) is 0. The molecule has 0 saturated carbocycles. The molecule has 0 spiro atoms. The van der Waals surface area contributed by atoms with Crippen molar-refractivity contribution in [3.05, 3.63) is 11.1 Å². The normalized spacial score (nSPS) is 32.6. The number of alkyl halides is 2. The molecular weight excluding hydrogens is 379 g/mol. The van der Waals surface area contributed by atoms with E-state index in [4.69, 9.17) is 21.1 Å². The van der Waals surface area contributed by atoms with Gasteiger partial charge in [-0.3, -0.25) is 9.59 Å². The molecule has 0 aliphatic heterocycles. The quantitative estimate of drug-likeness (QED) is 0.537. The molecule has 0 fully saturated rings. The van der Waals surface area contributed by atoms with Crippen LogP contribution in [0.1, 0.15) is 13.8 Å². The van der Waals surface area contributed by atoms with Gasteiger partial charge in [-0.05, 0) is 0 Å². The first-order valence-corrected chi connectivity index (χ1v) is 7.03. The van der Waals surface area contributed by atoms with E-state index < -0.39 is 24.1 Å². The van der Waals surface area contributed by atoms with Gasteiger partial charge in [0.1, 0.15) is 0 Å². The predicted molar refractivity (Wildman–Crippen MR) is 70.5 cm³/mol. The second-order valence-corrected chi connectivity index (χ2v) is 6.03. The summed E-state index contributed by atoms with van der Waals surface area (Å²) in [6.07, 6.45) is 0.440. The standard InChI is InChI=1S/C10H11Br2ClO4/c1-4(14)16-9-6(11)3-7(13)8(12)10(9)17-5(2)15/h3,6,8-10H,1-2H3/t6-,8+,9+,10-/m1/s1. The minimum atomic E-state index is -0.654. The first kappa shape index (κ1) is 15.0. The summed E-state index contributed by atoms with van der Waals surface area (Å²) < 4.78 is 10.3. The van der Waals surface area contributed by atoms with Crippen LogP contribution in [0, 0.1) is 0 Å². The van der Waals surface area contributed by atoms with Crippen LogP contribution in [0.25, 0.3) is 0 Å². The van der Waals surface area contributed by atoms with Gasteiger partial charge in [-0.2, -0.15) is 0 Å². The number of halogens is 3. The van der Waals surface area contributed by atoms with Crippen LogP contribution in [0.4, 0.5) is 0 Å². The molecule has 7 heteroatoms. The second-order valence-electron chi connectivity index (χ2n) is 3.55. The van der Waals surface area contributed by atoms with Crippen LogP contribution >= 0.6 is 43.5 Å². The molecule has 1 aliphatic rings. The highest BCUT2D eigenvalue weighted by Crippen LogP contribution is 2.35. The molecule has 1 aliphatic carbocycles. The molecule has 17 heavy (non-hydrogen) atoms. The van der Waals surface area contributed by atoms with E-state index in [9.17, 15) is 9.59 Å². The molecule has 0 N–H and O–H groups in total. The third-order valence-electron chi connectivity index (χ3n) is 2.11. The van der Waals surface area contributed by atoms with E-state index in [1.165, 1.54) is 13.8 Å². The van der Waals surface area contributed by atoms with Crippen LogP contribution in [-0.4, -0.2) is 33.8 Å². The van der Waals surface area contributed by atoms with E-state index in [0.717, 1.165) is 0 Å². The Kier molecular flexibility index (Phi) is 5.47. The fraction of sp³-hybridized carbons (Fsp3) is 0.600. The van der Waals surface area contributed by atoms with Gasteiger partial charge in [0.05, 0.1) is 9.65 Å². The van der Waals surface area contributed by atoms with Crippen LogP contribution in [0.15, 0.2) is 11.1 Å². The van der Waals surface area contributed by atoms with Crippen molar-refractivity contribution in [2.45, 2.75) is 35.7 Å². The second kappa shape index (κ2) is 6.20. The van der Waals surface area contributed by atoms with Gasteiger partial charge in [-0.1, -0.05) is 49.5 Å². The van der Waals surface area contributed by atoms with Gasteiger partial charge in [-0.15, -0.1) is 0 Å². The third-order valence-corrected chi connectivity index (χ3v) is 4.54. The zero-order valence-corrected chi connectivity index (χ0v) is 13.1. The van der Waals surface area contributed by atoms with Gasteiger partial charge in [0.15, 0.2) is 12.2 Å². The maximum absolute atomic E-state index is 11.0. The number of carbonyl (C=O) groups excluding carboxylic acids is 2. The average Bonchev–Trinajstić information content (AvgIpc) is 2.19. The molecule has 0 heterocycles. The largest absolute Gasteiger partial charge is 0.457 e. The van der Waals surface area contributed by atoms with E-state index >= 15 is 0 Å². The van der Waals surface area contributed by atoms with Crippen LogP contribution in [0.5, 0.6) is 0 Å². The molecule has 1 rings (SSSR count). The Balaban J connectivity index is 2.95. The van der Waals surface area contributed by atoms with Crippen molar-refractivity contribution < 1.29 is 19.1 Å². The van der Waals surface area contributed by atoms with Crippen molar-refractivity contribution in [2.75, 3.05) is 0 Å². The summed E-state index contributed by atoms with van der Waals surface area (Å²) in [4.78, 5) is 21.4. The maximum Gasteiger partial charge on any atom is 0.303 e. The molecule has 0 radical (unpaired) electrons. The Morgan fingerprint density at radius 1 is 1.18 bits per heavy atom. The molecule has 0 saturated heterocycles. The summed E-state index contributed by atoms with van der Waals surface area (Å²) in [5, 5.41) is 0.501. The zero-order valence-electron chi connectivity index (χ0n) is 9.15. The van der Waals surface area contributed by atoms with Crippen LogP contribution in [0.3, 0.4) is 0 Å². The SMILES string of the molecule is CC(=O)O[C@@H]1[C@H](OC(C)=O)[C@@H](Br)C(Cl)=C[C@H]1Br. The van der Waals surface area contributed by atoms with Gasteiger partial charge in [0, 0.05) is 18.9 Å². The van der Waals surface area contributed by atoms with Crippen LogP contribution in [-0.2, 0) is 19.1 Å². The van der Waals surface area contributed by atoms with Crippen molar-refractivity contribution in [3.63, 3.8) is 0 Å². The Morgan fingerprint density at radius 3 is 2.12 bits per heavy atom. The molecule has 96 valence electrons. The van der Waals surface area contributed by atoms with E-state index in [0.29, 0.717) is 5.03 Å². The molecule has 4 nitrogen and oxygen atoms in total. The van der Waals surface area contributed by atoms with Crippen molar-refractivity contribution >= 4 is 55.4 Å². The summed E-state index contributed by atoms with van der Waals surface area (Å²) in [7, 11) is 0. The lowest BCUT2D eigenvalue weighted by Crippen LogP contribution is -2.48. The average molecular weight is 390 g/mol. The number of carbonyl (C=O) groups is 2. The third kappa shape index (κ3) is 3.96. The highest BCUT2D eigenvalue weighted by atomic mass is 79.9. The molecule has 0 amide bonds. The van der Waals surface area contributed by atoms with Gasteiger partial charge in [0.2, 0.25) is 0 Å². The molecular formula is C10H11Br2ClO4. The van der Waals surface area contributed by atoms with Crippen molar-refractivity contribution in [1.82, 2.24) is 0 Å². The topological polar surface area (TPSA) is 52.6 Å². The van der Waals surface area contributed by atoms with Gasteiger partial charge >= 0.3 is 11.9 Å². The van der Waals surface area contributed by atoms with Gasteiger partial charge in [0.25, 0.3) is 0 Å². The number of esters is 2. The maximum atomic E-state index is 11.0. The van der Waals surface area contributed by atoms with E-state index in [1.54, 1.807) is 6.08 Å². The Bertz CT molecular complexity index is 358. The molecule has 4 atom stereocenters. The lowest BCUT2D eigenvalue weighted by Gasteiger charge is -2.35. The number of ether oxygens (including phenoxy) is 2. The predicted octanol–water partition coefficient (Wildman–Crippen LogP) is 2.51. The fourth-order valence-corrected chi connectivity index (χ4v) is 3.15. The van der Waals surface area contributed by atoms with Crippen molar-refractivity contribution in [2.24, 2.45) is 0 Å². The number of rotatable bonds is 2. The summed E-state index contributed by atoms with van der Waals surface area (Å²) in [5.41, 5.74) is 0. The summed E-state index contributed by atoms with van der Waals surface area (Å²) >= 11 is 12.6. The monoisotopic (exact) mass is 388 g/mol. The summed E-state index contributed by atoms with van der Waals surface area (Å²) in [6.45, 7) is 2.59. The zero-order chi connectivity index (χ0) is 13.2. The van der Waals surface area contributed by atoms with E-state index in [2.05, 4.69) is 31.9 Å². The van der Waals surface area contributed by atoms with E-state index in [1.807, 2.05) is 0 Å². The van der Waals surface area contributed by atoms with Crippen molar-refractivity contribution in [3.8, 4) is 0 Å². The lowest BCUT2D eigenvalue weighted by molar-refractivity contribution is -0.164. The smallest absolute Gasteiger partial charge is 0.303 e. The molecule has 0 unspecified atom stereocenters.